The van der Waals surface area contributed by atoms with Gasteiger partial charge >= 0.3 is 0 Å². The summed E-state index contributed by atoms with van der Waals surface area (Å²) in [7, 11) is 2.11. The molecule has 0 aliphatic carbocycles. The monoisotopic (exact) mass is 261 g/mol. The van der Waals surface area contributed by atoms with E-state index in [-0.39, 0.29) is 0 Å². The first-order valence-electron chi connectivity index (χ1n) is 6.50. The number of aryl methyl sites for hydroxylation is 2. The molecule has 18 heavy (non-hydrogen) atoms. The van der Waals surface area contributed by atoms with Crippen LogP contribution in [0.1, 0.15) is 35.3 Å². The third-order valence-electron chi connectivity index (χ3n) is 3.63. The van der Waals surface area contributed by atoms with E-state index in [4.69, 9.17) is 4.98 Å². The van der Waals surface area contributed by atoms with Crippen molar-refractivity contribution < 1.29 is 0 Å². The van der Waals surface area contributed by atoms with Crippen LogP contribution in [0.5, 0.6) is 0 Å². The summed E-state index contributed by atoms with van der Waals surface area (Å²) in [4.78, 5) is 8.71. The van der Waals surface area contributed by atoms with Crippen LogP contribution in [0.2, 0.25) is 0 Å². The van der Waals surface area contributed by atoms with Gasteiger partial charge < -0.3 is 4.57 Å². The van der Waals surface area contributed by atoms with E-state index in [9.17, 15) is 0 Å². The van der Waals surface area contributed by atoms with Crippen molar-refractivity contribution in [2.75, 3.05) is 6.54 Å². The highest BCUT2D eigenvalue weighted by Crippen LogP contribution is 2.32. The molecule has 0 radical (unpaired) electrons. The Labute approximate surface area is 112 Å². The van der Waals surface area contributed by atoms with Crippen LogP contribution in [0.15, 0.2) is 23.7 Å². The van der Waals surface area contributed by atoms with Crippen LogP contribution < -0.4 is 0 Å². The highest BCUT2D eigenvalue weighted by Gasteiger charge is 2.29. The van der Waals surface area contributed by atoms with E-state index in [1.54, 1.807) is 0 Å². The zero-order valence-corrected chi connectivity index (χ0v) is 11.8. The van der Waals surface area contributed by atoms with Gasteiger partial charge in [-0.3, -0.25) is 4.90 Å². The second-order valence-electron chi connectivity index (χ2n) is 5.06. The normalized spacial score (nSPS) is 20.7. The van der Waals surface area contributed by atoms with Gasteiger partial charge in [0.15, 0.2) is 0 Å². The van der Waals surface area contributed by atoms with E-state index >= 15 is 0 Å². The van der Waals surface area contributed by atoms with Gasteiger partial charge in [-0.1, -0.05) is 6.07 Å². The summed E-state index contributed by atoms with van der Waals surface area (Å²) in [6.07, 6.45) is 4.63. The van der Waals surface area contributed by atoms with Gasteiger partial charge in [-0.25, -0.2) is 4.98 Å². The van der Waals surface area contributed by atoms with E-state index in [2.05, 4.69) is 47.1 Å². The van der Waals surface area contributed by atoms with Crippen molar-refractivity contribution in [1.29, 1.82) is 0 Å². The minimum atomic E-state index is 0.491. The molecule has 0 bridgehead atoms. The van der Waals surface area contributed by atoms with E-state index in [0.29, 0.717) is 6.04 Å². The van der Waals surface area contributed by atoms with Crippen LogP contribution in [0.4, 0.5) is 0 Å². The Bertz CT molecular complexity index is 515. The second-order valence-corrected chi connectivity index (χ2v) is 6.09. The largest absolute Gasteiger partial charge is 0.336 e. The fourth-order valence-corrected chi connectivity index (χ4v) is 3.58. The average Bonchev–Trinajstić information content (AvgIpc) is 3.02. The molecule has 0 aromatic carbocycles. The Morgan fingerprint density at radius 1 is 1.50 bits per heavy atom. The topological polar surface area (TPSA) is 21.1 Å². The van der Waals surface area contributed by atoms with Gasteiger partial charge in [-0.2, -0.15) is 0 Å². The van der Waals surface area contributed by atoms with Gasteiger partial charge in [0.25, 0.3) is 0 Å². The van der Waals surface area contributed by atoms with E-state index in [0.717, 1.165) is 12.2 Å². The van der Waals surface area contributed by atoms with E-state index < -0.39 is 0 Å². The van der Waals surface area contributed by atoms with Crippen molar-refractivity contribution in [3.63, 3.8) is 0 Å². The van der Waals surface area contributed by atoms with Crippen molar-refractivity contribution in [1.82, 2.24) is 14.5 Å². The van der Waals surface area contributed by atoms with Gasteiger partial charge in [0.05, 0.1) is 11.7 Å². The van der Waals surface area contributed by atoms with Crippen molar-refractivity contribution in [3.8, 4) is 0 Å². The third-order valence-corrected chi connectivity index (χ3v) is 4.49. The highest BCUT2D eigenvalue weighted by atomic mass is 32.1. The molecule has 2 aromatic rings. The fraction of sp³-hybridized carbons (Fsp3) is 0.500. The number of imidazole rings is 1. The highest BCUT2D eigenvalue weighted by molar-refractivity contribution is 7.09. The Kier molecular flexibility index (Phi) is 3.22. The number of likely N-dealkylation sites (tertiary alicyclic amines) is 1. The van der Waals surface area contributed by atoms with Crippen molar-refractivity contribution in [2.45, 2.75) is 32.4 Å². The van der Waals surface area contributed by atoms with Gasteiger partial charge in [-0.15, -0.1) is 11.3 Å². The molecule has 0 amide bonds. The van der Waals surface area contributed by atoms with Crippen molar-refractivity contribution >= 4 is 11.3 Å². The van der Waals surface area contributed by atoms with Crippen LogP contribution in [-0.2, 0) is 13.6 Å². The molecule has 1 saturated heterocycles. The van der Waals surface area contributed by atoms with Crippen LogP contribution in [-0.4, -0.2) is 21.0 Å². The summed E-state index contributed by atoms with van der Waals surface area (Å²) in [5, 5.41) is 2.16. The molecule has 1 aliphatic heterocycles. The van der Waals surface area contributed by atoms with Crippen LogP contribution in [0.25, 0.3) is 0 Å². The summed E-state index contributed by atoms with van der Waals surface area (Å²) < 4.78 is 2.19. The number of aromatic nitrogens is 2. The number of hydrogen-bond acceptors (Lipinski definition) is 3. The Morgan fingerprint density at radius 3 is 3.06 bits per heavy atom. The molecule has 3 nitrogen and oxygen atoms in total. The van der Waals surface area contributed by atoms with Crippen LogP contribution in [0, 0.1) is 6.92 Å². The Balaban J connectivity index is 1.81. The van der Waals surface area contributed by atoms with Gasteiger partial charge in [0.1, 0.15) is 5.82 Å². The smallest absolute Gasteiger partial charge is 0.126 e. The molecule has 4 heteroatoms. The summed E-state index contributed by atoms with van der Waals surface area (Å²) in [6, 6.07) is 4.85. The predicted molar refractivity (Wildman–Crippen MR) is 74.6 cm³/mol. The van der Waals surface area contributed by atoms with Gasteiger partial charge in [-0.05, 0) is 37.8 Å². The number of hydrogen-bond donors (Lipinski definition) is 0. The maximum Gasteiger partial charge on any atom is 0.126 e. The molecule has 1 aliphatic rings. The number of thiophene rings is 1. The third kappa shape index (κ3) is 2.22. The van der Waals surface area contributed by atoms with Crippen molar-refractivity contribution in [2.24, 2.45) is 7.05 Å². The minimum absolute atomic E-state index is 0.491. The first-order chi connectivity index (χ1) is 8.74. The maximum absolute atomic E-state index is 4.70. The molecular formula is C14H19N3S. The molecule has 2 aromatic heterocycles. The lowest BCUT2D eigenvalue weighted by atomic mass is 10.2. The van der Waals surface area contributed by atoms with Crippen LogP contribution >= 0.6 is 11.3 Å². The van der Waals surface area contributed by atoms with Gasteiger partial charge in [0.2, 0.25) is 0 Å². The quantitative estimate of drug-likeness (QED) is 0.846. The average molecular weight is 261 g/mol. The molecule has 0 N–H and O–H groups in total. The lowest BCUT2D eigenvalue weighted by Crippen LogP contribution is -2.24. The molecule has 0 unspecified atom stereocenters. The standard InChI is InChI=1S/C14H19N3S/c1-11-9-16(2)14(15-11)13-6-3-7-17(13)10-12-5-4-8-18-12/h4-5,8-9,13H,3,6-7,10H2,1-2H3/t13-/m1/s1. The predicted octanol–water partition coefficient (Wildman–Crippen LogP) is 3.13. The SMILES string of the molecule is Cc1cn(C)c([C@H]2CCCN2Cc2cccs2)n1. The van der Waals surface area contributed by atoms with E-state index in [1.165, 1.54) is 30.1 Å². The van der Waals surface area contributed by atoms with Crippen LogP contribution in [0.3, 0.4) is 0 Å². The van der Waals surface area contributed by atoms with E-state index in [1.807, 2.05) is 11.3 Å². The molecule has 1 fully saturated rings. The first kappa shape index (κ1) is 11.9. The summed E-state index contributed by atoms with van der Waals surface area (Å²) in [5.41, 5.74) is 1.12. The molecular weight excluding hydrogens is 242 g/mol. The fourth-order valence-electron chi connectivity index (χ4n) is 2.85. The zero-order chi connectivity index (χ0) is 12.5. The Morgan fingerprint density at radius 2 is 2.39 bits per heavy atom. The lowest BCUT2D eigenvalue weighted by Gasteiger charge is -2.23. The molecule has 0 saturated carbocycles. The lowest BCUT2D eigenvalue weighted by molar-refractivity contribution is 0.238. The summed E-state index contributed by atoms with van der Waals surface area (Å²) in [6.45, 7) is 4.32. The molecule has 3 rings (SSSR count). The Hall–Kier alpha value is -1.13. The van der Waals surface area contributed by atoms with Gasteiger partial charge in [0, 0.05) is 24.7 Å². The second kappa shape index (κ2) is 4.86. The maximum atomic E-state index is 4.70. The first-order valence-corrected chi connectivity index (χ1v) is 7.38. The summed E-state index contributed by atoms with van der Waals surface area (Å²) >= 11 is 1.85. The van der Waals surface area contributed by atoms with Crippen molar-refractivity contribution in [3.05, 3.63) is 40.1 Å². The number of rotatable bonds is 3. The number of nitrogens with zero attached hydrogens (tertiary/aromatic N) is 3. The molecule has 1 atom stereocenters. The molecule has 96 valence electrons. The summed E-state index contributed by atoms with van der Waals surface area (Å²) in [5.74, 6) is 1.22. The minimum Gasteiger partial charge on any atom is -0.336 e. The molecule has 0 spiro atoms. The molecule has 3 heterocycles. The zero-order valence-electron chi connectivity index (χ0n) is 11.0.